The van der Waals surface area contributed by atoms with Crippen LogP contribution in [0.4, 0.5) is 0 Å². The highest BCUT2D eigenvalue weighted by Gasteiger charge is 2.19. The number of halogens is 1. The third-order valence-electron chi connectivity index (χ3n) is 4.03. The van der Waals surface area contributed by atoms with Gasteiger partial charge in [-0.25, -0.2) is 4.99 Å². The smallest absolute Gasteiger partial charge is 0.243 e. The van der Waals surface area contributed by atoms with Gasteiger partial charge in [-0.05, 0) is 32.1 Å². The second-order valence-corrected chi connectivity index (χ2v) is 5.99. The summed E-state index contributed by atoms with van der Waals surface area (Å²) in [6.07, 6.45) is 6.21. The minimum absolute atomic E-state index is 0. The largest absolute Gasteiger partial charge is 0.376 e. The molecule has 6 nitrogen and oxygen atoms in total. The van der Waals surface area contributed by atoms with Crippen molar-refractivity contribution in [3.05, 3.63) is 0 Å². The Morgan fingerprint density at radius 2 is 2.00 bits per heavy atom. The van der Waals surface area contributed by atoms with Crippen LogP contribution < -0.4 is 5.32 Å². The van der Waals surface area contributed by atoms with Gasteiger partial charge < -0.3 is 19.9 Å². The Labute approximate surface area is 150 Å². The van der Waals surface area contributed by atoms with Gasteiger partial charge in [0.05, 0.1) is 6.10 Å². The van der Waals surface area contributed by atoms with E-state index in [4.69, 9.17) is 4.74 Å². The molecule has 0 spiro atoms. The molecule has 1 atom stereocenters. The van der Waals surface area contributed by atoms with Crippen LogP contribution in [0.15, 0.2) is 4.99 Å². The summed E-state index contributed by atoms with van der Waals surface area (Å²) >= 11 is 0. The van der Waals surface area contributed by atoms with Gasteiger partial charge >= 0.3 is 0 Å². The molecule has 128 valence electrons. The zero-order valence-electron chi connectivity index (χ0n) is 13.7. The standard InChI is InChI=1S/C15H28N4O2.HI/c1-18(2)14(20)12-17-15(19-8-4-3-5-9-19)16-11-13-7-6-10-21-13;/h13H,3-12H2,1-2H3,(H,16,17);1H. The number of likely N-dealkylation sites (N-methyl/N-ethyl adjacent to an activating group) is 1. The van der Waals surface area contributed by atoms with Crippen molar-refractivity contribution in [2.45, 2.75) is 38.2 Å². The summed E-state index contributed by atoms with van der Waals surface area (Å²) in [7, 11) is 3.52. The number of carbonyl (C=O) groups excluding carboxylic acids is 1. The van der Waals surface area contributed by atoms with Crippen molar-refractivity contribution in [3.8, 4) is 0 Å². The van der Waals surface area contributed by atoms with E-state index in [2.05, 4.69) is 15.2 Å². The molecule has 0 aliphatic carbocycles. The van der Waals surface area contributed by atoms with E-state index in [1.165, 1.54) is 19.3 Å². The fourth-order valence-electron chi connectivity index (χ4n) is 2.67. The van der Waals surface area contributed by atoms with Crippen LogP contribution in [0.2, 0.25) is 0 Å². The third-order valence-corrected chi connectivity index (χ3v) is 4.03. The predicted molar refractivity (Wildman–Crippen MR) is 98.8 cm³/mol. The van der Waals surface area contributed by atoms with E-state index >= 15 is 0 Å². The molecule has 0 radical (unpaired) electrons. The Hall–Kier alpha value is -0.570. The number of carbonyl (C=O) groups is 1. The van der Waals surface area contributed by atoms with Crippen LogP contribution in [0.5, 0.6) is 0 Å². The second kappa shape index (κ2) is 10.3. The normalized spacial score (nSPS) is 22.2. The monoisotopic (exact) mass is 424 g/mol. The number of amides is 1. The van der Waals surface area contributed by atoms with Crippen LogP contribution in [0, 0.1) is 0 Å². The van der Waals surface area contributed by atoms with Crippen LogP contribution in [0.1, 0.15) is 32.1 Å². The van der Waals surface area contributed by atoms with Gasteiger partial charge in [-0.3, -0.25) is 4.79 Å². The van der Waals surface area contributed by atoms with E-state index < -0.39 is 0 Å². The lowest BCUT2D eigenvalue weighted by Gasteiger charge is -2.30. The maximum Gasteiger partial charge on any atom is 0.243 e. The van der Waals surface area contributed by atoms with Crippen LogP contribution in [0.25, 0.3) is 0 Å². The van der Waals surface area contributed by atoms with Crippen molar-refractivity contribution in [1.29, 1.82) is 0 Å². The van der Waals surface area contributed by atoms with Gasteiger partial charge in [0.2, 0.25) is 5.91 Å². The third kappa shape index (κ3) is 6.28. The fraction of sp³-hybridized carbons (Fsp3) is 0.867. The Balaban J connectivity index is 0.00000242. The maximum absolute atomic E-state index is 11.7. The molecule has 1 N–H and O–H groups in total. The minimum Gasteiger partial charge on any atom is -0.376 e. The molecular formula is C15H29IN4O2. The van der Waals surface area contributed by atoms with Crippen molar-refractivity contribution in [2.75, 3.05) is 46.9 Å². The zero-order valence-corrected chi connectivity index (χ0v) is 16.0. The van der Waals surface area contributed by atoms with Gasteiger partial charge in [-0.15, -0.1) is 24.0 Å². The number of hydrogen-bond donors (Lipinski definition) is 1. The van der Waals surface area contributed by atoms with Gasteiger partial charge in [-0.2, -0.15) is 0 Å². The summed E-state index contributed by atoms with van der Waals surface area (Å²) in [6, 6.07) is 0. The first-order chi connectivity index (χ1) is 10.2. The molecule has 2 heterocycles. The highest BCUT2D eigenvalue weighted by molar-refractivity contribution is 14.0. The van der Waals surface area contributed by atoms with Crippen LogP contribution in [0.3, 0.4) is 0 Å². The van der Waals surface area contributed by atoms with E-state index in [0.29, 0.717) is 0 Å². The molecule has 1 amide bonds. The first-order valence-corrected chi connectivity index (χ1v) is 8.02. The average Bonchev–Trinajstić information content (AvgIpc) is 3.01. The fourth-order valence-corrected chi connectivity index (χ4v) is 2.67. The lowest BCUT2D eigenvalue weighted by atomic mass is 10.1. The SMILES string of the molecule is CN(C)C(=O)CN=C(NCC1CCCO1)N1CCCCC1.I. The zero-order chi connectivity index (χ0) is 15.1. The first kappa shape index (κ1) is 19.5. The number of guanidine groups is 1. The summed E-state index contributed by atoms with van der Waals surface area (Å²) in [5.74, 6) is 0.892. The summed E-state index contributed by atoms with van der Waals surface area (Å²) < 4.78 is 5.64. The molecule has 0 bridgehead atoms. The summed E-state index contributed by atoms with van der Waals surface area (Å²) in [4.78, 5) is 20.1. The molecule has 2 rings (SSSR count). The second-order valence-electron chi connectivity index (χ2n) is 5.99. The van der Waals surface area contributed by atoms with Gasteiger partial charge in [-0.1, -0.05) is 0 Å². The van der Waals surface area contributed by atoms with Crippen molar-refractivity contribution in [2.24, 2.45) is 4.99 Å². The number of piperidine rings is 1. The molecule has 0 aromatic rings. The van der Waals surface area contributed by atoms with E-state index in [1.54, 1.807) is 19.0 Å². The lowest BCUT2D eigenvalue weighted by Crippen LogP contribution is -2.46. The minimum atomic E-state index is 0. The highest BCUT2D eigenvalue weighted by atomic mass is 127. The van der Waals surface area contributed by atoms with Gasteiger partial charge in [0.1, 0.15) is 6.54 Å². The Morgan fingerprint density at radius 1 is 1.27 bits per heavy atom. The topological polar surface area (TPSA) is 57.2 Å². The van der Waals surface area contributed by atoms with Crippen LogP contribution in [-0.4, -0.2) is 74.7 Å². The molecule has 0 saturated carbocycles. The summed E-state index contributed by atoms with van der Waals surface area (Å²) in [5, 5.41) is 3.41. The number of likely N-dealkylation sites (tertiary alicyclic amines) is 1. The number of rotatable bonds is 4. The molecular weight excluding hydrogens is 395 g/mol. The van der Waals surface area contributed by atoms with Crippen molar-refractivity contribution < 1.29 is 9.53 Å². The number of ether oxygens (including phenoxy) is 1. The molecule has 22 heavy (non-hydrogen) atoms. The quantitative estimate of drug-likeness (QED) is 0.420. The van der Waals surface area contributed by atoms with Crippen LogP contribution >= 0.6 is 24.0 Å². The van der Waals surface area contributed by atoms with E-state index in [1.807, 2.05) is 0 Å². The Morgan fingerprint density at radius 3 is 2.59 bits per heavy atom. The molecule has 2 saturated heterocycles. The highest BCUT2D eigenvalue weighted by Crippen LogP contribution is 2.12. The predicted octanol–water partition coefficient (Wildman–Crippen LogP) is 1.30. The average molecular weight is 424 g/mol. The van der Waals surface area contributed by atoms with Gasteiger partial charge in [0.25, 0.3) is 0 Å². The van der Waals surface area contributed by atoms with Gasteiger partial charge in [0, 0.05) is 40.3 Å². The number of nitrogens with zero attached hydrogens (tertiary/aromatic N) is 3. The Kier molecular flexibility index (Phi) is 9.08. The van der Waals surface area contributed by atoms with Crippen LogP contribution in [-0.2, 0) is 9.53 Å². The van der Waals surface area contributed by atoms with Crippen molar-refractivity contribution >= 4 is 35.8 Å². The number of hydrogen-bond acceptors (Lipinski definition) is 3. The molecule has 7 heteroatoms. The summed E-state index contributed by atoms with van der Waals surface area (Å²) in [6.45, 7) is 3.89. The van der Waals surface area contributed by atoms with E-state index in [-0.39, 0.29) is 42.5 Å². The van der Waals surface area contributed by atoms with Gasteiger partial charge in [0.15, 0.2) is 5.96 Å². The maximum atomic E-state index is 11.7. The first-order valence-electron chi connectivity index (χ1n) is 8.02. The number of aliphatic imine (C=N–C) groups is 1. The summed E-state index contributed by atoms with van der Waals surface area (Å²) in [5.41, 5.74) is 0. The molecule has 2 aliphatic rings. The lowest BCUT2D eigenvalue weighted by molar-refractivity contribution is -0.127. The van der Waals surface area contributed by atoms with Crippen molar-refractivity contribution in [3.63, 3.8) is 0 Å². The van der Waals surface area contributed by atoms with E-state index in [9.17, 15) is 4.79 Å². The van der Waals surface area contributed by atoms with Crippen molar-refractivity contribution in [1.82, 2.24) is 15.1 Å². The van der Waals surface area contributed by atoms with E-state index in [0.717, 1.165) is 45.0 Å². The number of nitrogens with one attached hydrogen (secondary N) is 1. The Bertz CT molecular complexity index is 365. The molecule has 2 aliphatic heterocycles. The molecule has 0 aromatic carbocycles. The molecule has 1 unspecified atom stereocenters. The molecule has 0 aromatic heterocycles. The molecule has 2 fully saturated rings.